The number of hydrogen-bond donors (Lipinski definition) is 2. The van der Waals surface area contributed by atoms with Crippen LogP contribution in [0.4, 0.5) is 8.78 Å². The number of carboxylic acids is 1. The predicted octanol–water partition coefficient (Wildman–Crippen LogP) is 3.46. The highest BCUT2D eigenvalue weighted by Gasteiger charge is 2.17. The summed E-state index contributed by atoms with van der Waals surface area (Å²) in [5, 5.41) is 10.9. The van der Waals surface area contributed by atoms with Crippen molar-refractivity contribution in [2.45, 2.75) is 26.7 Å². The molecule has 0 radical (unpaired) electrons. The number of carboxylic acid groups (broad SMARTS) is 1. The number of carbonyl (C=O) groups excluding carboxylic acids is 1. The van der Waals surface area contributed by atoms with Crippen molar-refractivity contribution in [3.8, 4) is 0 Å². The minimum absolute atomic E-state index is 0.0163. The van der Waals surface area contributed by atoms with E-state index in [4.69, 9.17) is 5.11 Å². The number of amides is 1. The van der Waals surface area contributed by atoms with E-state index in [1.54, 1.807) is 0 Å². The van der Waals surface area contributed by atoms with Crippen molar-refractivity contribution < 1.29 is 23.5 Å². The molecule has 22 heavy (non-hydrogen) atoms. The molecular formula is C14H16F2N2O3S. The zero-order valence-electron chi connectivity index (χ0n) is 12.1. The molecule has 2 rings (SSSR count). The molecule has 0 aromatic carbocycles. The second kappa shape index (κ2) is 8.38. The number of aromatic nitrogens is 1. The summed E-state index contributed by atoms with van der Waals surface area (Å²) in [6.45, 7) is 3.98. The average Bonchev–Trinajstić information content (AvgIpc) is 2.92. The highest BCUT2D eigenvalue weighted by Crippen LogP contribution is 2.32. The van der Waals surface area contributed by atoms with Gasteiger partial charge in [-0.1, -0.05) is 13.8 Å². The number of nitrogens with one attached hydrogen (secondary N) is 1. The van der Waals surface area contributed by atoms with Gasteiger partial charge in [-0.05, 0) is 12.1 Å². The van der Waals surface area contributed by atoms with E-state index in [-0.39, 0.29) is 28.1 Å². The third kappa shape index (κ3) is 4.45. The number of thiophene rings is 1. The molecule has 0 atom stereocenters. The number of halogens is 2. The number of fused-ring (bicyclic) bond motifs is 1. The summed E-state index contributed by atoms with van der Waals surface area (Å²) in [4.78, 5) is 26.3. The number of aliphatic carboxylic acids is 1. The predicted molar refractivity (Wildman–Crippen MR) is 80.5 cm³/mol. The highest BCUT2D eigenvalue weighted by atomic mass is 32.1. The molecule has 0 fully saturated rings. The molecule has 2 aromatic heterocycles. The fourth-order valence-corrected chi connectivity index (χ4v) is 2.66. The van der Waals surface area contributed by atoms with Crippen molar-refractivity contribution in [1.29, 1.82) is 0 Å². The summed E-state index contributed by atoms with van der Waals surface area (Å²) in [7, 11) is 0. The highest BCUT2D eigenvalue weighted by molar-refractivity contribution is 7.21. The molecule has 0 aliphatic carbocycles. The second-order valence-corrected chi connectivity index (χ2v) is 4.98. The Balaban J connectivity index is 0.00000116. The van der Waals surface area contributed by atoms with E-state index in [1.165, 1.54) is 18.3 Å². The minimum Gasteiger partial charge on any atom is -0.481 e. The number of pyridine rings is 1. The lowest BCUT2D eigenvalue weighted by Gasteiger charge is -2.00. The van der Waals surface area contributed by atoms with Gasteiger partial charge in [0, 0.05) is 18.3 Å². The first kappa shape index (κ1) is 18.0. The zero-order chi connectivity index (χ0) is 16.7. The maximum Gasteiger partial charge on any atom is 0.305 e. The first-order valence-electron chi connectivity index (χ1n) is 6.65. The first-order valence-corrected chi connectivity index (χ1v) is 7.47. The third-order valence-corrected chi connectivity index (χ3v) is 3.70. The van der Waals surface area contributed by atoms with Gasteiger partial charge >= 0.3 is 5.97 Å². The van der Waals surface area contributed by atoms with Crippen molar-refractivity contribution in [1.82, 2.24) is 10.3 Å². The topological polar surface area (TPSA) is 79.3 Å². The van der Waals surface area contributed by atoms with Crippen LogP contribution in [0.15, 0.2) is 18.3 Å². The van der Waals surface area contributed by atoms with Gasteiger partial charge in [0.05, 0.1) is 21.5 Å². The molecule has 0 aliphatic heterocycles. The minimum atomic E-state index is -2.64. The quantitative estimate of drug-likeness (QED) is 0.880. The van der Waals surface area contributed by atoms with Crippen molar-refractivity contribution >= 4 is 33.4 Å². The van der Waals surface area contributed by atoms with Gasteiger partial charge in [0.1, 0.15) is 0 Å². The number of rotatable bonds is 5. The van der Waals surface area contributed by atoms with Crippen LogP contribution < -0.4 is 5.32 Å². The van der Waals surface area contributed by atoms with Gasteiger partial charge in [0.2, 0.25) is 0 Å². The fourth-order valence-electron chi connectivity index (χ4n) is 1.61. The van der Waals surface area contributed by atoms with E-state index in [0.717, 1.165) is 11.3 Å². The smallest absolute Gasteiger partial charge is 0.305 e. The summed E-state index contributed by atoms with van der Waals surface area (Å²) >= 11 is 0.917. The molecule has 5 nitrogen and oxygen atoms in total. The van der Waals surface area contributed by atoms with Crippen molar-refractivity contribution in [3.05, 3.63) is 28.8 Å². The lowest BCUT2D eigenvalue weighted by atomic mass is 10.2. The number of hydrogen-bond acceptors (Lipinski definition) is 4. The van der Waals surface area contributed by atoms with Crippen molar-refractivity contribution in [2.75, 3.05) is 6.54 Å². The molecule has 0 spiro atoms. The molecule has 0 bridgehead atoms. The Morgan fingerprint density at radius 2 is 2.09 bits per heavy atom. The van der Waals surface area contributed by atoms with Crippen LogP contribution in [0.3, 0.4) is 0 Å². The van der Waals surface area contributed by atoms with Crippen LogP contribution in [-0.4, -0.2) is 28.5 Å². The van der Waals surface area contributed by atoms with Gasteiger partial charge in [-0.25, -0.2) is 8.78 Å². The van der Waals surface area contributed by atoms with Gasteiger partial charge in [-0.15, -0.1) is 11.3 Å². The monoisotopic (exact) mass is 330 g/mol. The van der Waals surface area contributed by atoms with E-state index in [1.807, 2.05) is 13.8 Å². The Hall–Kier alpha value is -2.09. The molecule has 0 saturated carbocycles. The standard InChI is InChI=1S/C12H10F2N2O3S.C2H6/c13-11(14)6-1-3-15-7-5-8(20-10(6)7)12(19)16-4-2-9(17)18;1-2/h1,3,5,11H,2,4H2,(H,16,19)(H,17,18);1-2H3. The van der Waals surface area contributed by atoms with Gasteiger partial charge in [-0.3, -0.25) is 14.6 Å². The molecule has 1 amide bonds. The zero-order valence-corrected chi connectivity index (χ0v) is 12.9. The largest absolute Gasteiger partial charge is 0.481 e. The summed E-state index contributed by atoms with van der Waals surface area (Å²) < 4.78 is 25.9. The van der Waals surface area contributed by atoms with E-state index in [2.05, 4.69) is 10.3 Å². The van der Waals surface area contributed by atoms with Crippen LogP contribution >= 0.6 is 11.3 Å². The summed E-state index contributed by atoms with van der Waals surface area (Å²) in [5.74, 6) is -1.52. The summed E-state index contributed by atoms with van der Waals surface area (Å²) in [6.07, 6.45) is -1.57. The molecule has 2 N–H and O–H groups in total. The Bertz CT molecular complexity index is 659. The van der Waals surface area contributed by atoms with E-state index >= 15 is 0 Å². The van der Waals surface area contributed by atoms with E-state index in [0.29, 0.717) is 5.52 Å². The second-order valence-electron chi connectivity index (χ2n) is 3.93. The normalized spacial score (nSPS) is 10.2. The Labute approximate surface area is 130 Å². The van der Waals surface area contributed by atoms with Gasteiger partial charge in [0.25, 0.3) is 12.3 Å². The molecule has 8 heteroatoms. The van der Waals surface area contributed by atoms with Crippen LogP contribution in [0, 0.1) is 0 Å². The number of nitrogens with zero attached hydrogens (tertiary/aromatic N) is 1. The average molecular weight is 330 g/mol. The number of carbonyl (C=O) groups is 2. The van der Waals surface area contributed by atoms with Gasteiger partial charge in [-0.2, -0.15) is 0 Å². The molecule has 2 heterocycles. The molecule has 2 aromatic rings. The third-order valence-electron chi connectivity index (χ3n) is 2.53. The molecule has 0 saturated heterocycles. The van der Waals surface area contributed by atoms with Crippen LogP contribution in [0.2, 0.25) is 0 Å². The van der Waals surface area contributed by atoms with Crippen LogP contribution in [0.5, 0.6) is 0 Å². The Morgan fingerprint density at radius 3 is 2.68 bits per heavy atom. The van der Waals surface area contributed by atoms with Crippen molar-refractivity contribution in [3.63, 3.8) is 0 Å². The van der Waals surface area contributed by atoms with Crippen LogP contribution in [0.25, 0.3) is 10.2 Å². The van der Waals surface area contributed by atoms with Gasteiger partial charge in [0.15, 0.2) is 0 Å². The lowest BCUT2D eigenvalue weighted by molar-refractivity contribution is -0.136. The SMILES string of the molecule is CC.O=C(O)CCNC(=O)c1cc2nccc(C(F)F)c2s1. The lowest BCUT2D eigenvalue weighted by Crippen LogP contribution is -2.25. The van der Waals surface area contributed by atoms with E-state index < -0.39 is 18.3 Å². The molecule has 0 unspecified atom stereocenters. The number of alkyl halides is 2. The van der Waals surface area contributed by atoms with Gasteiger partial charge < -0.3 is 10.4 Å². The maximum absolute atomic E-state index is 12.8. The van der Waals surface area contributed by atoms with Crippen molar-refractivity contribution in [2.24, 2.45) is 0 Å². The van der Waals surface area contributed by atoms with Crippen LogP contribution in [0.1, 0.15) is 41.9 Å². The molecule has 120 valence electrons. The molecular weight excluding hydrogens is 314 g/mol. The molecule has 0 aliphatic rings. The van der Waals surface area contributed by atoms with E-state index in [9.17, 15) is 18.4 Å². The Kier molecular flexibility index (Phi) is 6.84. The maximum atomic E-state index is 12.8. The summed E-state index contributed by atoms with van der Waals surface area (Å²) in [5.41, 5.74) is 0.167. The van der Waals surface area contributed by atoms with Crippen LogP contribution in [-0.2, 0) is 4.79 Å². The summed E-state index contributed by atoms with van der Waals surface area (Å²) in [6, 6.07) is 2.64. The Morgan fingerprint density at radius 1 is 1.41 bits per heavy atom. The fraction of sp³-hybridized carbons (Fsp3) is 0.357. The first-order chi connectivity index (χ1) is 10.5.